The molecule has 0 radical (unpaired) electrons. The van der Waals surface area contributed by atoms with E-state index in [0.29, 0.717) is 0 Å². The summed E-state index contributed by atoms with van der Waals surface area (Å²) in [5.41, 5.74) is 0. The molecule has 2 heterocycles. The summed E-state index contributed by atoms with van der Waals surface area (Å²) in [7, 11) is 1.96. The first-order chi connectivity index (χ1) is 7.83. The summed E-state index contributed by atoms with van der Waals surface area (Å²) >= 11 is 3.55. The van der Waals surface area contributed by atoms with Gasteiger partial charge in [-0.25, -0.2) is 0 Å². The lowest BCUT2D eigenvalue weighted by Gasteiger charge is -2.00. The molecule has 0 amide bonds. The Kier molecular flexibility index (Phi) is 3.95. The van der Waals surface area contributed by atoms with E-state index in [2.05, 4.69) is 16.5 Å². The summed E-state index contributed by atoms with van der Waals surface area (Å²) in [6, 6.07) is 3.74. The van der Waals surface area contributed by atoms with Gasteiger partial charge in [-0.15, -0.1) is 10.2 Å². The number of aromatic nitrogens is 3. The molecule has 0 unspecified atom stereocenters. The van der Waals surface area contributed by atoms with Crippen LogP contribution in [0.2, 0.25) is 0 Å². The molecule has 2 rings (SSSR count). The first-order valence-electron chi connectivity index (χ1n) is 4.88. The molecule has 16 heavy (non-hydrogen) atoms. The molecule has 86 valence electrons. The van der Waals surface area contributed by atoms with Crippen molar-refractivity contribution >= 4 is 23.5 Å². The highest BCUT2D eigenvalue weighted by Crippen LogP contribution is 2.22. The minimum atomic E-state index is 0.756. The van der Waals surface area contributed by atoms with Crippen LogP contribution in [0.5, 0.6) is 0 Å². The number of nitrogens with zero attached hydrogens (tertiary/aromatic N) is 3. The molecule has 0 N–H and O–H groups in total. The first-order valence-corrected chi connectivity index (χ1v) is 7.26. The van der Waals surface area contributed by atoms with Gasteiger partial charge in [0.1, 0.15) is 0 Å². The second kappa shape index (κ2) is 5.45. The van der Waals surface area contributed by atoms with Gasteiger partial charge in [0.2, 0.25) is 0 Å². The molecule has 0 saturated heterocycles. The summed E-state index contributed by atoms with van der Waals surface area (Å²) in [6.45, 7) is 0. The maximum Gasteiger partial charge on any atom is 0.200 e. The Balaban J connectivity index is 2.12. The molecule has 6 heteroatoms. The SMILES string of the molecule is CSCCSc1nnc(-c2ccco2)n1C. The van der Waals surface area contributed by atoms with Gasteiger partial charge >= 0.3 is 0 Å². The van der Waals surface area contributed by atoms with E-state index in [1.165, 1.54) is 0 Å². The third-order valence-corrected chi connectivity index (χ3v) is 3.99. The van der Waals surface area contributed by atoms with Gasteiger partial charge in [0.15, 0.2) is 16.7 Å². The Morgan fingerprint density at radius 3 is 2.94 bits per heavy atom. The van der Waals surface area contributed by atoms with E-state index < -0.39 is 0 Å². The monoisotopic (exact) mass is 255 g/mol. The highest BCUT2D eigenvalue weighted by atomic mass is 32.2. The van der Waals surface area contributed by atoms with Gasteiger partial charge in [0.25, 0.3) is 0 Å². The van der Waals surface area contributed by atoms with Crippen LogP contribution < -0.4 is 0 Å². The molecule has 4 nitrogen and oxygen atoms in total. The average molecular weight is 255 g/mol. The topological polar surface area (TPSA) is 43.9 Å². The maximum atomic E-state index is 5.30. The van der Waals surface area contributed by atoms with Crippen LogP contribution >= 0.6 is 23.5 Å². The van der Waals surface area contributed by atoms with Gasteiger partial charge in [-0.3, -0.25) is 0 Å². The molecule has 0 aliphatic heterocycles. The number of hydrogen-bond donors (Lipinski definition) is 0. The predicted molar refractivity (Wildman–Crippen MR) is 67.8 cm³/mol. The quantitative estimate of drug-likeness (QED) is 0.607. The molecule has 2 aromatic heterocycles. The number of thioether (sulfide) groups is 2. The minimum absolute atomic E-state index is 0.756. The van der Waals surface area contributed by atoms with Gasteiger partial charge in [0, 0.05) is 18.6 Å². The van der Waals surface area contributed by atoms with Gasteiger partial charge in [0.05, 0.1) is 6.26 Å². The molecule has 0 aliphatic rings. The highest BCUT2D eigenvalue weighted by Gasteiger charge is 2.12. The van der Waals surface area contributed by atoms with E-state index in [4.69, 9.17) is 4.42 Å². The van der Waals surface area contributed by atoms with Crippen molar-refractivity contribution in [2.75, 3.05) is 17.8 Å². The molecule has 0 atom stereocenters. The van der Waals surface area contributed by atoms with E-state index in [0.717, 1.165) is 28.2 Å². The van der Waals surface area contributed by atoms with Crippen molar-refractivity contribution < 1.29 is 4.42 Å². The van der Waals surface area contributed by atoms with Gasteiger partial charge < -0.3 is 8.98 Å². The van der Waals surface area contributed by atoms with Crippen LogP contribution in [0.4, 0.5) is 0 Å². The van der Waals surface area contributed by atoms with Crippen molar-refractivity contribution in [1.82, 2.24) is 14.8 Å². The number of furan rings is 1. The Bertz CT molecular complexity index is 439. The summed E-state index contributed by atoms with van der Waals surface area (Å²) < 4.78 is 7.26. The van der Waals surface area contributed by atoms with Gasteiger partial charge in [-0.05, 0) is 18.4 Å². The second-order valence-corrected chi connectivity index (χ2v) is 5.23. The largest absolute Gasteiger partial charge is 0.461 e. The van der Waals surface area contributed by atoms with E-state index in [1.54, 1.807) is 18.0 Å². The molecular formula is C10H13N3OS2. The standard InChI is InChI=1S/C10H13N3OS2/c1-13-9(8-4-3-5-14-8)11-12-10(13)16-7-6-15-2/h3-5H,6-7H2,1-2H3. The van der Waals surface area contributed by atoms with Crippen LogP contribution in [-0.2, 0) is 7.05 Å². The number of rotatable bonds is 5. The lowest BCUT2D eigenvalue weighted by atomic mass is 10.4. The van der Waals surface area contributed by atoms with Crippen LogP contribution in [0, 0.1) is 0 Å². The van der Waals surface area contributed by atoms with Crippen molar-refractivity contribution in [2.24, 2.45) is 7.05 Å². The summed E-state index contributed by atoms with van der Waals surface area (Å²) in [6.07, 6.45) is 3.75. The van der Waals surface area contributed by atoms with Crippen LogP contribution in [0.15, 0.2) is 28.0 Å². The average Bonchev–Trinajstić information content (AvgIpc) is 2.89. The number of hydrogen-bond acceptors (Lipinski definition) is 5. The summed E-state index contributed by atoms with van der Waals surface area (Å²) in [5, 5.41) is 9.21. The van der Waals surface area contributed by atoms with Crippen LogP contribution in [0.1, 0.15) is 0 Å². The normalized spacial score (nSPS) is 10.9. The van der Waals surface area contributed by atoms with E-state index >= 15 is 0 Å². The zero-order valence-corrected chi connectivity index (χ0v) is 10.8. The van der Waals surface area contributed by atoms with Crippen molar-refractivity contribution in [2.45, 2.75) is 5.16 Å². The Morgan fingerprint density at radius 1 is 1.38 bits per heavy atom. The zero-order chi connectivity index (χ0) is 11.4. The van der Waals surface area contributed by atoms with Crippen LogP contribution in [-0.4, -0.2) is 32.5 Å². The Morgan fingerprint density at radius 2 is 2.25 bits per heavy atom. The fourth-order valence-corrected chi connectivity index (χ4v) is 2.84. The molecule has 0 aromatic carbocycles. The van der Waals surface area contributed by atoms with Crippen molar-refractivity contribution in [3.05, 3.63) is 18.4 Å². The highest BCUT2D eigenvalue weighted by molar-refractivity contribution is 8.02. The zero-order valence-electron chi connectivity index (χ0n) is 9.21. The molecule has 0 aliphatic carbocycles. The van der Waals surface area contributed by atoms with Gasteiger partial charge in [-0.1, -0.05) is 11.8 Å². The molecule has 0 saturated carbocycles. The lowest BCUT2D eigenvalue weighted by Crippen LogP contribution is -1.95. The second-order valence-electron chi connectivity index (χ2n) is 3.18. The lowest BCUT2D eigenvalue weighted by molar-refractivity contribution is 0.572. The summed E-state index contributed by atoms with van der Waals surface area (Å²) in [4.78, 5) is 0. The first kappa shape index (κ1) is 11.6. The Hall–Kier alpha value is -0.880. The molecule has 0 spiro atoms. The Labute approximate surface area is 103 Å². The molecule has 2 aromatic rings. The van der Waals surface area contributed by atoms with E-state index in [1.807, 2.05) is 35.5 Å². The van der Waals surface area contributed by atoms with Crippen LogP contribution in [0.25, 0.3) is 11.6 Å². The molecular weight excluding hydrogens is 242 g/mol. The molecule has 0 fully saturated rings. The van der Waals surface area contributed by atoms with Crippen LogP contribution in [0.3, 0.4) is 0 Å². The maximum absolute atomic E-state index is 5.30. The van der Waals surface area contributed by atoms with E-state index in [-0.39, 0.29) is 0 Å². The van der Waals surface area contributed by atoms with E-state index in [9.17, 15) is 0 Å². The third-order valence-electron chi connectivity index (χ3n) is 2.10. The fourth-order valence-electron chi connectivity index (χ4n) is 1.28. The smallest absolute Gasteiger partial charge is 0.200 e. The predicted octanol–water partition coefficient (Wildman–Crippen LogP) is 2.53. The third kappa shape index (κ3) is 2.44. The summed E-state index contributed by atoms with van der Waals surface area (Å²) in [5.74, 6) is 3.70. The van der Waals surface area contributed by atoms with Crippen molar-refractivity contribution in [3.8, 4) is 11.6 Å². The fraction of sp³-hybridized carbons (Fsp3) is 0.400. The minimum Gasteiger partial charge on any atom is -0.461 e. The van der Waals surface area contributed by atoms with Gasteiger partial charge in [-0.2, -0.15) is 11.8 Å². The molecule has 0 bridgehead atoms. The van der Waals surface area contributed by atoms with Crippen molar-refractivity contribution in [1.29, 1.82) is 0 Å². The van der Waals surface area contributed by atoms with Crippen molar-refractivity contribution in [3.63, 3.8) is 0 Å².